The molecule has 6 heteroatoms. The monoisotopic (exact) mass is 508 g/mol. The fraction of sp³-hybridized carbons (Fsp3) is 0.281. The van der Waals surface area contributed by atoms with Gasteiger partial charge in [-0.1, -0.05) is 92.2 Å². The average Bonchev–Trinajstić information content (AvgIpc) is 2.93. The van der Waals surface area contributed by atoms with Crippen LogP contribution in [0.25, 0.3) is 11.3 Å². The fourth-order valence-electron chi connectivity index (χ4n) is 4.77. The van der Waals surface area contributed by atoms with Gasteiger partial charge in [0.05, 0.1) is 11.7 Å². The van der Waals surface area contributed by atoms with E-state index in [0.717, 1.165) is 16.7 Å². The lowest BCUT2D eigenvalue weighted by molar-refractivity contribution is 0.0608. The Morgan fingerprint density at radius 1 is 0.947 bits per heavy atom. The van der Waals surface area contributed by atoms with E-state index in [1.165, 1.54) is 0 Å². The second-order valence-electron chi connectivity index (χ2n) is 10.0. The van der Waals surface area contributed by atoms with Gasteiger partial charge in [0.25, 0.3) is 11.5 Å². The first-order valence-electron chi connectivity index (χ1n) is 13.2. The normalized spacial score (nSPS) is 11.9. The minimum absolute atomic E-state index is 0.00563. The van der Waals surface area contributed by atoms with Crippen LogP contribution in [0.1, 0.15) is 59.2 Å². The first-order chi connectivity index (χ1) is 18.4. The lowest BCUT2D eigenvalue weighted by Gasteiger charge is -2.34. The maximum atomic E-state index is 13.8. The third-order valence-electron chi connectivity index (χ3n) is 6.71. The summed E-state index contributed by atoms with van der Waals surface area (Å²) in [6.45, 7) is 7.00. The number of carbonyl (C=O) groups excluding carboxylic acids is 1. The van der Waals surface area contributed by atoms with Crippen molar-refractivity contribution in [1.82, 2.24) is 14.9 Å². The van der Waals surface area contributed by atoms with E-state index in [-0.39, 0.29) is 17.4 Å². The molecule has 4 rings (SSSR count). The number of nitrogens with zero attached hydrogens (tertiary/aromatic N) is 2. The van der Waals surface area contributed by atoms with Crippen molar-refractivity contribution in [2.45, 2.75) is 39.7 Å². The van der Waals surface area contributed by atoms with E-state index < -0.39 is 6.04 Å². The molecule has 0 saturated carbocycles. The number of aromatic nitrogens is 2. The van der Waals surface area contributed by atoms with Gasteiger partial charge in [0.1, 0.15) is 5.82 Å². The molecule has 4 aromatic rings. The number of H-pyrrole nitrogens is 1. The molecule has 0 aliphatic rings. The highest BCUT2D eigenvalue weighted by molar-refractivity contribution is 5.94. The molecule has 0 radical (unpaired) electrons. The van der Waals surface area contributed by atoms with Crippen LogP contribution in [0, 0.1) is 12.8 Å². The number of hydrogen-bond donors (Lipinski definition) is 2. The minimum Gasteiger partial charge on any atom is -0.330 e. The summed E-state index contributed by atoms with van der Waals surface area (Å²) in [6.07, 6.45) is 1.10. The van der Waals surface area contributed by atoms with E-state index >= 15 is 0 Å². The first-order valence-corrected chi connectivity index (χ1v) is 13.2. The van der Waals surface area contributed by atoms with Crippen LogP contribution >= 0.6 is 0 Å². The minimum atomic E-state index is -0.434. The molecule has 38 heavy (non-hydrogen) atoms. The van der Waals surface area contributed by atoms with Gasteiger partial charge in [-0.05, 0) is 43.5 Å². The van der Waals surface area contributed by atoms with Gasteiger partial charge in [-0.3, -0.25) is 9.59 Å². The average molecular weight is 509 g/mol. The Bertz CT molecular complexity index is 1400. The summed E-state index contributed by atoms with van der Waals surface area (Å²) in [5, 5.41) is 0. The molecule has 0 fully saturated rings. The third-order valence-corrected chi connectivity index (χ3v) is 6.71. The molecule has 0 saturated heterocycles. The van der Waals surface area contributed by atoms with Gasteiger partial charge in [-0.15, -0.1) is 0 Å². The van der Waals surface area contributed by atoms with Gasteiger partial charge in [0.15, 0.2) is 0 Å². The lowest BCUT2D eigenvalue weighted by Crippen LogP contribution is -2.40. The number of benzene rings is 3. The van der Waals surface area contributed by atoms with Crippen LogP contribution in [0.4, 0.5) is 0 Å². The number of hydrogen-bond acceptors (Lipinski definition) is 4. The van der Waals surface area contributed by atoms with Crippen molar-refractivity contribution in [1.29, 1.82) is 0 Å². The molecule has 0 aliphatic carbocycles. The SMILES string of the molecule is Cc1ccc(C(=O)N(CCCN)C(c2nc(-c3ccccc3)c(Cc3ccccc3)c(=O)[nH]2)C(C)C)cc1. The van der Waals surface area contributed by atoms with Gasteiger partial charge in [-0.2, -0.15) is 0 Å². The second-order valence-corrected chi connectivity index (χ2v) is 10.0. The Labute approximate surface area is 224 Å². The molecule has 1 unspecified atom stereocenters. The van der Waals surface area contributed by atoms with Crippen molar-refractivity contribution >= 4 is 5.91 Å². The molecular weight excluding hydrogens is 472 g/mol. The van der Waals surface area contributed by atoms with Gasteiger partial charge in [0, 0.05) is 29.7 Å². The molecule has 0 bridgehead atoms. The van der Waals surface area contributed by atoms with E-state index in [0.29, 0.717) is 48.6 Å². The van der Waals surface area contributed by atoms with Crippen LogP contribution < -0.4 is 11.3 Å². The van der Waals surface area contributed by atoms with Crippen molar-refractivity contribution in [2.24, 2.45) is 11.7 Å². The molecule has 6 nitrogen and oxygen atoms in total. The quantitative estimate of drug-likeness (QED) is 0.295. The highest BCUT2D eigenvalue weighted by Gasteiger charge is 2.31. The zero-order valence-corrected chi connectivity index (χ0v) is 22.4. The van der Waals surface area contributed by atoms with Gasteiger partial charge in [-0.25, -0.2) is 4.98 Å². The first kappa shape index (κ1) is 27.0. The number of aryl methyl sites for hydroxylation is 1. The predicted molar refractivity (Wildman–Crippen MR) is 153 cm³/mol. The molecule has 1 amide bonds. The summed E-state index contributed by atoms with van der Waals surface area (Å²) in [5.74, 6) is 0.376. The number of rotatable bonds is 10. The topological polar surface area (TPSA) is 92.1 Å². The maximum absolute atomic E-state index is 13.8. The zero-order valence-electron chi connectivity index (χ0n) is 22.4. The molecule has 3 N–H and O–H groups in total. The largest absolute Gasteiger partial charge is 0.330 e. The molecular formula is C32H36N4O2. The van der Waals surface area contributed by atoms with Gasteiger partial charge < -0.3 is 15.6 Å². The Balaban J connectivity index is 1.84. The molecule has 1 atom stereocenters. The van der Waals surface area contributed by atoms with Crippen LogP contribution in [0.5, 0.6) is 0 Å². The highest BCUT2D eigenvalue weighted by atomic mass is 16.2. The maximum Gasteiger partial charge on any atom is 0.255 e. The number of amides is 1. The van der Waals surface area contributed by atoms with E-state index in [4.69, 9.17) is 10.7 Å². The molecule has 0 spiro atoms. The Morgan fingerprint density at radius 2 is 1.58 bits per heavy atom. The van der Waals surface area contributed by atoms with E-state index in [9.17, 15) is 9.59 Å². The Kier molecular flexibility index (Phi) is 8.87. The Hall–Kier alpha value is -4.03. The van der Waals surface area contributed by atoms with Gasteiger partial charge in [0.2, 0.25) is 0 Å². The fourth-order valence-corrected chi connectivity index (χ4v) is 4.77. The zero-order chi connectivity index (χ0) is 27.1. The van der Waals surface area contributed by atoms with Crippen molar-refractivity contribution in [2.75, 3.05) is 13.1 Å². The smallest absolute Gasteiger partial charge is 0.255 e. The summed E-state index contributed by atoms with van der Waals surface area (Å²) in [4.78, 5) is 37.4. The second kappa shape index (κ2) is 12.5. The number of nitrogens with two attached hydrogens (primary N) is 1. The molecule has 196 valence electrons. The summed E-state index contributed by atoms with van der Waals surface area (Å²) in [6, 6.07) is 26.8. The molecule has 1 heterocycles. The number of aromatic amines is 1. The third kappa shape index (κ3) is 6.26. The van der Waals surface area contributed by atoms with Gasteiger partial charge >= 0.3 is 0 Å². The summed E-state index contributed by atoms with van der Waals surface area (Å²) in [5.41, 5.74) is 10.5. The molecule has 3 aromatic carbocycles. The van der Waals surface area contributed by atoms with Crippen LogP contribution in [-0.2, 0) is 6.42 Å². The van der Waals surface area contributed by atoms with Crippen LogP contribution in [0.3, 0.4) is 0 Å². The lowest BCUT2D eigenvalue weighted by atomic mass is 9.97. The van der Waals surface area contributed by atoms with E-state index in [1.54, 1.807) is 0 Å². The van der Waals surface area contributed by atoms with Crippen molar-refractivity contribution in [3.63, 3.8) is 0 Å². The van der Waals surface area contributed by atoms with E-state index in [2.05, 4.69) is 4.98 Å². The van der Waals surface area contributed by atoms with Crippen molar-refractivity contribution in [3.8, 4) is 11.3 Å². The van der Waals surface area contributed by atoms with Crippen LogP contribution in [0.15, 0.2) is 89.7 Å². The summed E-state index contributed by atoms with van der Waals surface area (Å²) < 4.78 is 0. The van der Waals surface area contributed by atoms with Crippen molar-refractivity contribution < 1.29 is 4.79 Å². The van der Waals surface area contributed by atoms with Crippen LogP contribution in [-0.4, -0.2) is 33.9 Å². The molecule has 0 aliphatic heterocycles. The standard InChI is InChI=1S/C32H36N4O2/c1-22(2)29(36(20-10-19-33)32(38)26-17-15-23(3)16-18-26)30-34-28(25-13-8-5-9-14-25)27(31(37)35-30)21-24-11-6-4-7-12-24/h4-9,11-18,22,29H,10,19-21,33H2,1-3H3,(H,34,35,37). The summed E-state index contributed by atoms with van der Waals surface area (Å²) >= 11 is 0. The number of nitrogens with one attached hydrogen (secondary N) is 1. The van der Waals surface area contributed by atoms with Crippen molar-refractivity contribution in [3.05, 3.63) is 123 Å². The highest BCUT2D eigenvalue weighted by Crippen LogP contribution is 2.30. The van der Waals surface area contributed by atoms with E-state index in [1.807, 2.05) is 111 Å². The van der Waals surface area contributed by atoms with Crippen LogP contribution in [0.2, 0.25) is 0 Å². The molecule has 1 aromatic heterocycles. The number of carbonyl (C=O) groups is 1. The Morgan fingerprint density at radius 3 is 2.18 bits per heavy atom. The summed E-state index contributed by atoms with van der Waals surface area (Å²) in [7, 11) is 0. The predicted octanol–water partition coefficient (Wildman–Crippen LogP) is 5.52.